The predicted octanol–water partition coefficient (Wildman–Crippen LogP) is 6.10. The predicted molar refractivity (Wildman–Crippen MR) is 117 cm³/mol. The van der Waals surface area contributed by atoms with Crippen LogP contribution in [0.1, 0.15) is 22.8 Å². The van der Waals surface area contributed by atoms with E-state index < -0.39 is 0 Å². The molecule has 0 aromatic heterocycles. The Morgan fingerprint density at radius 2 is 1.86 bits per heavy atom. The minimum atomic E-state index is -0.254. The SMILES string of the molecule is CCOc1cc(Cl)cc(C=Nc2ccc(NC(=O)c3cccc(Cl)c3)cc2)c1O. The molecule has 148 valence electrons. The minimum absolute atomic E-state index is 0.0228. The van der Waals surface area contributed by atoms with Gasteiger partial charge in [0.15, 0.2) is 11.5 Å². The number of aromatic hydroxyl groups is 1. The molecule has 0 aliphatic heterocycles. The maximum Gasteiger partial charge on any atom is 0.255 e. The molecule has 29 heavy (non-hydrogen) atoms. The molecule has 0 saturated heterocycles. The van der Waals surface area contributed by atoms with Crippen LogP contribution in [0.4, 0.5) is 11.4 Å². The highest BCUT2D eigenvalue weighted by Crippen LogP contribution is 2.33. The van der Waals surface area contributed by atoms with E-state index in [0.717, 1.165) is 0 Å². The van der Waals surface area contributed by atoms with Crippen LogP contribution < -0.4 is 10.1 Å². The van der Waals surface area contributed by atoms with Crippen LogP contribution >= 0.6 is 23.2 Å². The van der Waals surface area contributed by atoms with Gasteiger partial charge in [-0.3, -0.25) is 9.79 Å². The average Bonchev–Trinajstić information content (AvgIpc) is 2.70. The second kappa shape index (κ2) is 9.45. The number of hydrogen-bond acceptors (Lipinski definition) is 4. The summed E-state index contributed by atoms with van der Waals surface area (Å²) in [4.78, 5) is 16.6. The van der Waals surface area contributed by atoms with Crippen molar-refractivity contribution >= 4 is 46.7 Å². The Bertz CT molecular complexity index is 1050. The fraction of sp³-hybridized carbons (Fsp3) is 0.0909. The molecule has 1 amide bonds. The molecule has 0 atom stereocenters. The Balaban J connectivity index is 1.72. The lowest BCUT2D eigenvalue weighted by molar-refractivity contribution is 0.102. The summed E-state index contributed by atoms with van der Waals surface area (Å²) in [7, 11) is 0. The van der Waals surface area contributed by atoms with Crippen LogP contribution in [0.2, 0.25) is 10.0 Å². The number of nitrogens with zero attached hydrogens (tertiary/aromatic N) is 1. The first-order valence-corrected chi connectivity index (χ1v) is 9.58. The van der Waals surface area contributed by atoms with E-state index in [9.17, 15) is 9.90 Å². The molecule has 3 aromatic rings. The van der Waals surface area contributed by atoms with Gasteiger partial charge < -0.3 is 15.2 Å². The zero-order chi connectivity index (χ0) is 20.8. The van der Waals surface area contributed by atoms with Gasteiger partial charge in [-0.2, -0.15) is 0 Å². The van der Waals surface area contributed by atoms with Gasteiger partial charge in [0.25, 0.3) is 5.91 Å². The van der Waals surface area contributed by atoms with Gasteiger partial charge in [-0.05, 0) is 55.5 Å². The largest absolute Gasteiger partial charge is 0.504 e. The van der Waals surface area contributed by atoms with Crippen LogP contribution in [0.15, 0.2) is 65.7 Å². The summed E-state index contributed by atoms with van der Waals surface area (Å²) in [5.41, 5.74) is 2.18. The zero-order valence-corrected chi connectivity index (χ0v) is 17.0. The Morgan fingerprint density at radius 1 is 1.10 bits per heavy atom. The number of phenolic OH excluding ortho intramolecular Hbond substituents is 1. The number of hydrogen-bond donors (Lipinski definition) is 2. The maximum absolute atomic E-state index is 12.3. The van der Waals surface area contributed by atoms with E-state index in [4.69, 9.17) is 27.9 Å². The highest BCUT2D eigenvalue weighted by Gasteiger charge is 2.09. The van der Waals surface area contributed by atoms with Crippen LogP contribution in [0, 0.1) is 0 Å². The van der Waals surface area contributed by atoms with Crippen molar-refractivity contribution in [1.82, 2.24) is 0 Å². The topological polar surface area (TPSA) is 70.9 Å². The minimum Gasteiger partial charge on any atom is -0.504 e. The van der Waals surface area contributed by atoms with Crippen molar-refractivity contribution in [2.24, 2.45) is 4.99 Å². The number of nitrogens with one attached hydrogen (secondary N) is 1. The Kier molecular flexibility index (Phi) is 6.75. The molecular weight excluding hydrogens is 411 g/mol. The number of rotatable bonds is 6. The molecule has 3 rings (SSSR count). The molecule has 0 aliphatic carbocycles. The van der Waals surface area contributed by atoms with Crippen molar-refractivity contribution in [2.75, 3.05) is 11.9 Å². The second-order valence-electron chi connectivity index (χ2n) is 6.04. The number of aliphatic imine (C=N–C) groups is 1. The van der Waals surface area contributed by atoms with Crippen LogP contribution in [-0.2, 0) is 0 Å². The molecule has 2 N–H and O–H groups in total. The lowest BCUT2D eigenvalue weighted by atomic mass is 10.2. The summed E-state index contributed by atoms with van der Waals surface area (Å²) in [6.45, 7) is 2.23. The molecular formula is C22H18Cl2N2O3. The highest BCUT2D eigenvalue weighted by molar-refractivity contribution is 6.31. The van der Waals surface area contributed by atoms with E-state index in [0.29, 0.717) is 44.9 Å². The van der Waals surface area contributed by atoms with Crippen LogP contribution in [0.3, 0.4) is 0 Å². The molecule has 0 spiro atoms. The van der Waals surface area contributed by atoms with Crippen molar-refractivity contribution in [3.8, 4) is 11.5 Å². The van der Waals surface area contributed by atoms with Crippen molar-refractivity contribution in [2.45, 2.75) is 6.92 Å². The van der Waals surface area contributed by atoms with E-state index in [1.807, 2.05) is 6.92 Å². The summed E-state index contributed by atoms with van der Waals surface area (Å²) in [5.74, 6) is 0.0296. The third-order valence-electron chi connectivity index (χ3n) is 3.93. The van der Waals surface area contributed by atoms with Crippen molar-refractivity contribution < 1.29 is 14.6 Å². The number of amides is 1. The number of phenols is 1. The van der Waals surface area contributed by atoms with Gasteiger partial charge in [-0.1, -0.05) is 29.3 Å². The van der Waals surface area contributed by atoms with E-state index in [2.05, 4.69) is 10.3 Å². The quantitative estimate of drug-likeness (QED) is 0.465. The molecule has 0 heterocycles. The summed E-state index contributed by atoms with van der Waals surface area (Å²) < 4.78 is 5.36. The van der Waals surface area contributed by atoms with Gasteiger partial charge in [0.1, 0.15) is 0 Å². The van der Waals surface area contributed by atoms with Gasteiger partial charge in [0.05, 0.1) is 12.3 Å². The monoisotopic (exact) mass is 428 g/mol. The molecule has 7 heteroatoms. The van der Waals surface area contributed by atoms with E-state index >= 15 is 0 Å². The summed E-state index contributed by atoms with van der Waals surface area (Å²) in [6, 6.07) is 16.8. The summed E-state index contributed by atoms with van der Waals surface area (Å²) in [5, 5.41) is 14.0. The number of halogens is 2. The van der Waals surface area contributed by atoms with Gasteiger partial charge in [0, 0.05) is 39.1 Å². The molecule has 0 radical (unpaired) electrons. The number of anilines is 1. The first-order chi connectivity index (χ1) is 14.0. The molecule has 0 bridgehead atoms. The number of carbonyl (C=O) groups is 1. The fourth-order valence-corrected chi connectivity index (χ4v) is 2.97. The molecule has 0 unspecified atom stereocenters. The second-order valence-corrected chi connectivity index (χ2v) is 6.92. The average molecular weight is 429 g/mol. The summed E-state index contributed by atoms with van der Waals surface area (Å²) in [6.07, 6.45) is 1.50. The lowest BCUT2D eigenvalue weighted by Gasteiger charge is -2.08. The van der Waals surface area contributed by atoms with Gasteiger partial charge in [-0.25, -0.2) is 0 Å². The van der Waals surface area contributed by atoms with E-state index in [-0.39, 0.29) is 11.7 Å². The highest BCUT2D eigenvalue weighted by atomic mass is 35.5. The van der Waals surface area contributed by atoms with Gasteiger partial charge in [0.2, 0.25) is 0 Å². The van der Waals surface area contributed by atoms with E-state index in [1.54, 1.807) is 60.7 Å². The number of carbonyl (C=O) groups excluding carboxylic acids is 1. The normalized spacial score (nSPS) is 10.9. The standard InChI is InChI=1S/C22H18Cl2N2O3/c1-2-29-20-12-17(24)11-15(21(20)27)13-25-18-6-8-19(9-7-18)26-22(28)14-4-3-5-16(23)10-14/h3-13,27H,2H2,1H3,(H,26,28). The zero-order valence-electron chi connectivity index (χ0n) is 15.5. The Hall–Kier alpha value is -3.02. The third-order valence-corrected chi connectivity index (χ3v) is 4.39. The third kappa shape index (κ3) is 5.50. The van der Waals surface area contributed by atoms with Crippen LogP contribution in [-0.4, -0.2) is 23.8 Å². The fourth-order valence-electron chi connectivity index (χ4n) is 2.57. The number of ether oxygens (including phenoxy) is 1. The van der Waals surface area contributed by atoms with Gasteiger partial charge in [-0.15, -0.1) is 0 Å². The first kappa shape index (κ1) is 20.7. The summed E-state index contributed by atoms with van der Waals surface area (Å²) >= 11 is 12.0. The molecule has 3 aromatic carbocycles. The van der Waals surface area contributed by atoms with Crippen molar-refractivity contribution in [3.63, 3.8) is 0 Å². The van der Waals surface area contributed by atoms with Crippen LogP contribution in [0.5, 0.6) is 11.5 Å². The molecule has 0 aliphatic rings. The first-order valence-electron chi connectivity index (χ1n) is 8.82. The lowest BCUT2D eigenvalue weighted by Crippen LogP contribution is -2.11. The Labute approximate surface area is 178 Å². The Morgan fingerprint density at radius 3 is 2.55 bits per heavy atom. The maximum atomic E-state index is 12.3. The van der Waals surface area contributed by atoms with Crippen molar-refractivity contribution in [1.29, 1.82) is 0 Å². The molecule has 5 nitrogen and oxygen atoms in total. The van der Waals surface area contributed by atoms with Gasteiger partial charge >= 0.3 is 0 Å². The smallest absolute Gasteiger partial charge is 0.255 e. The molecule has 0 fully saturated rings. The van der Waals surface area contributed by atoms with E-state index in [1.165, 1.54) is 6.21 Å². The number of benzene rings is 3. The molecule has 0 saturated carbocycles. The van der Waals surface area contributed by atoms with Crippen LogP contribution in [0.25, 0.3) is 0 Å². The van der Waals surface area contributed by atoms with Crippen molar-refractivity contribution in [3.05, 3.63) is 81.8 Å².